The quantitative estimate of drug-likeness (QED) is 0.567. The number of hydrogen-bond donors (Lipinski definition) is 2. The van der Waals surface area contributed by atoms with E-state index in [9.17, 15) is 13.2 Å². The van der Waals surface area contributed by atoms with Crippen LogP contribution >= 0.6 is 0 Å². The Labute approximate surface area is 78.0 Å². The maximum absolute atomic E-state index is 12.1. The molecular weight excluding hydrogens is 197 g/mol. The van der Waals surface area contributed by atoms with Gasteiger partial charge >= 0.3 is 6.18 Å². The highest BCUT2D eigenvalue weighted by Crippen LogP contribution is 2.27. The molecule has 1 aromatic heterocycles. The van der Waals surface area contributed by atoms with Crippen LogP contribution < -0.4 is 5.73 Å². The number of halogens is 3. The molecule has 0 aliphatic heterocycles. The van der Waals surface area contributed by atoms with Crippen LogP contribution in [0.3, 0.4) is 0 Å². The van der Waals surface area contributed by atoms with Crippen LogP contribution in [0, 0.1) is 5.41 Å². The van der Waals surface area contributed by atoms with Crippen LogP contribution in [0.2, 0.25) is 0 Å². The van der Waals surface area contributed by atoms with Crippen molar-refractivity contribution in [2.45, 2.75) is 19.1 Å². The van der Waals surface area contributed by atoms with E-state index in [1.807, 2.05) is 0 Å². The van der Waals surface area contributed by atoms with Crippen molar-refractivity contribution in [3.63, 3.8) is 0 Å². The van der Waals surface area contributed by atoms with Gasteiger partial charge in [-0.3, -0.25) is 10.1 Å². The molecule has 1 heterocycles. The summed E-state index contributed by atoms with van der Waals surface area (Å²) < 4.78 is 37.3. The third-order valence-electron chi connectivity index (χ3n) is 1.75. The van der Waals surface area contributed by atoms with E-state index in [2.05, 4.69) is 5.10 Å². The van der Waals surface area contributed by atoms with Crippen molar-refractivity contribution in [1.29, 1.82) is 5.41 Å². The minimum absolute atomic E-state index is 0.234. The summed E-state index contributed by atoms with van der Waals surface area (Å²) in [6, 6.07) is 0.186. The lowest BCUT2D eigenvalue weighted by atomic mass is 10.3. The van der Waals surface area contributed by atoms with Crippen molar-refractivity contribution < 1.29 is 13.2 Å². The maximum atomic E-state index is 12.1. The number of alkyl halides is 3. The fraction of sp³-hybridized carbons (Fsp3) is 0.429. The molecule has 4 nitrogen and oxygen atoms in total. The number of amidine groups is 1. The van der Waals surface area contributed by atoms with E-state index in [1.54, 1.807) is 0 Å². The Kier molecular flexibility index (Phi) is 2.50. The molecule has 0 amide bonds. The maximum Gasteiger partial charge on any atom is 0.435 e. The second-order valence-corrected chi connectivity index (χ2v) is 2.81. The summed E-state index contributed by atoms with van der Waals surface area (Å²) >= 11 is 0. The number of nitrogens with zero attached hydrogens (tertiary/aromatic N) is 2. The Hall–Kier alpha value is -1.53. The first-order valence-electron chi connectivity index (χ1n) is 3.78. The summed E-state index contributed by atoms with van der Waals surface area (Å²) in [5.41, 5.74) is 4.15. The van der Waals surface area contributed by atoms with Crippen LogP contribution in [0.15, 0.2) is 12.3 Å². The van der Waals surface area contributed by atoms with E-state index in [1.165, 1.54) is 6.92 Å². The molecule has 7 heteroatoms. The van der Waals surface area contributed by atoms with E-state index < -0.39 is 17.9 Å². The molecule has 14 heavy (non-hydrogen) atoms. The van der Waals surface area contributed by atoms with Crippen molar-refractivity contribution in [3.05, 3.63) is 18.0 Å². The summed E-state index contributed by atoms with van der Waals surface area (Å²) in [6.07, 6.45) is -3.31. The van der Waals surface area contributed by atoms with Crippen molar-refractivity contribution in [2.24, 2.45) is 5.73 Å². The molecule has 0 aliphatic rings. The van der Waals surface area contributed by atoms with Gasteiger partial charge in [0.05, 0.1) is 0 Å². The smallest absolute Gasteiger partial charge is 0.386 e. The van der Waals surface area contributed by atoms with Gasteiger partial charge < -0.3 is 5.73 Å². The number of hydrogen-bond acceptors (Lipinski definition) is 2. The van der Waals surface area contributed by atoms with Crippen LogP contribution in [0.1, 0.15) is 18.7 Å². The zero-order valence-corrected chi connectivity index (χ0v) is 7.34. The van der Waals surface area contributed by atoms with E-state index in [0.717, 1.165) is 16.9 Å². The lowest BCUT2D eigenvalue weighted by Crippen LogP contribution is -2.24. The van der Waals surface area contributed by atoms with E-state index in [4.69, 9.17) is 11.1 Å². The first-order chi connectivity index (χ1) is 6.32. The number of nitrogens with two attached hydrogens (primary N) is 1. The van der Waals surface area contributed by atoms with Crippen LogP contribution in [-0.2, 0) is 6.18 Å². The predicted octanol–water partition coefficient (Wildman–Crippen LogP) is 1.40. The molecule has 0 aromatic carbocycles. The number of nitrogens with one attached hydrogen (secondary N) is 1. The van der Waals surface area contributed by atoms with E-state index in [0.29, 0.717) is 0 Å². The third kappa shape index (κ3) is 2.04. The zero-order chi connectivity index (χ0) is 10.9. The van der Waals surface area contributed by atoms with Gasteiger partial charge in [0.15, 0.2) is 5.69 Å². The van der Waals surface area contributed by atoms with Crippen molar-refractivity contribution in [2.75, 3.05) is 0 Å². The minimum Gasteiger partial charge on any atom is -0.386 e. The van der Waals surface area contributed by atoms with Gasteiger partial charge in [0, 0.05) is 6.20 Å². The van der Waals surface area contributed by atoms with Gasteiger partial charge in [0.2, 0.25) is 0 Å². The molecule has 3 N–H and O–H groups in total. The van der Waals surface area contributed by atoms with Gasteiger partial charge in [0.1, 0.15) is 11.9 Å². The SMILES string of the molecule is CC(C(=N)N)n1ccc(C(F)(F)F)n1. The van der Waals surface area contributed by atoms with E-state index in [-0.39, 0.29) is 5.84 Å². The Balaban J connectivity index is 2.94. The van der Waals surface area contributed by atoms with Gasteiger partial charge in [-0.1, -0.05) is 0 Å². The number of rotatable bonds is 2. The molecule has 0 bridgehead atoms. The van der Waals surface area contributed by atoms with Gasteiger partial charge in [-0.25, -0.2) is 0 Å². The Morgan fingerprint density at radius 1 is 1.64 bits per heavy atom. The van der Waals surface area contributed by atoms with Gasteiger partial charge in [-0.05, 0) is 13.0 Å². The summed E-state index contributed by atoms with van der Waals surface area (Å²) in [5.74, 6) is -0.234. The van der Waals surface area contributed by atoms with Crippen LogP contribution in [0.4, 0.5) is 13.2 Å². The summed E-state index contributed by atoms with van der Waals surface area (Å²) in [5, 5.41) is 10.3. The fourth-order valence-electron chi connectivity index (χ4n) is 0.847. The number of aromatic nitrogens is 2. The Morgan fingerprint density at radius 3 is 2.57 bits per heavy atom. The zero-order valence-electron chi connectivity index (χ0n) is 7.34. The minimum atomic E-state index is -4.46. The molecule has 0 saturated carbocycles. The first kappa shape index (κ1) is 10.6. The Morgan fingerprint density at radius 2 is 2.21 bits per heavy atom. The van der Waals surface area contributed by atoms with Crippen molar-refractivity contribution in [3.8, 4) is 0 Å². The summed E-state index contributed by atoms with van der Waals surface area (Å²) in [6.45, 7) is 1.50. The van der Waals surface area contributed by atoms with Gasteiger partial charge in [0.25, 0.3) is 0 Å². The second kappa shape index (κ2) is 3.32. The lowest BCUT2D eigenvalue weighted by molar-refractivity contribution is -0.141. The predicted molar refractivity (Wildman–Crippen MR) is 43.9 cm³/mol. The normalized spacial score (nSPS) is 14.0. The van der Waals surface area contributed by atoms with Crippen molar-refractivity contribution in [1.82, 2.24) is 9.78 Å². The monoisotopic (exact) mass is 206 g/mol. The van der Waals surface area contributed by atoms with Gasteiger partial charge in [-0.15, -0.1) is 0 Å². The summed E-state index contributed by atoms with van der Waals surface area (Å²) in [4.78, 5) is 0. The molecule has 78 valence electrons. The standard InChI is InChI=1S/C7H9F3N4/c1-4(6(11)12)14-3-2-5(13-14)7(8,9)10/h2-4H,1H3,(H3,11,12). The molecule has 1 rings (SSSR count). The van der Waals surface area contributed by atoms with Crippen LogP contribution in [-0.4, -0.2) is 15.6 Å². The lowest BCUT2D eigenvalue weighted by Gasteiger charge is -2.09. The molecule has 0 spiro atoms. The highest BCUT2D eigenvalue weighted by atomic mass is 19.4. The largest absolute Gasteiger partial charge is 0.435 e. The molecule has 1 aromatic rings. The summed E-state index contributed by atoms with van der Waals surface area (Å²) in [7, 11) is 0. The highest BCUT2D eigenvalue weighted by molar-refractivity contribution is 5.80. The second-order valence-electron chi connectivity index (χ2n) is 2.81. The average molecular weight is 206 g/mol. The topological polar surface area (TPSA) is 67.7 Å². The van der Waals surface area contributed by atoms with Crippen molar-refractivity contribution >= 4 is 5.84 Å². The molecule has 0 radical (unpaired) electrons. The molecule has 0 fully saturated rings. The van der Waals surface area contributed by atoms with E-state index >= 15 is 0 Å². The molecular formula is C7H9F3N4. The average Bonchev–Trinajstić information content (AvgIpc) is 2.49. The molecule has 1 unspecified atom stereocenters. The third-order valence-corrected chi connectivity index (χ3v) is 1.75. The highest BCUT2D eigenvalue weighted by Gasteiger charge is 2.33. The molecule has 0 saturated heterocycles. The van der Waals surface area contributed by atoms with Gasteiger partial charge in [-0.2, -0.15) is 18.3 Å². The first-order valence-corrected chi connectivity index (χ1v) is 3.78. The Bertz CT molecular complexity index is 341. The van der Waals surface area contributed by atoms with Crippen LogP contribution in [0.25, 0.3) is 0 Å². The fourth-order valence-corrected chi connectivity index (χ4v) is 0.847. The van der Waals surface area contributed by atoms with Crippen LogP contribution in [0.5, 0.6) is 0 Å². The molecule has 1 atom stereocenters. The molecule has 0 aliphatic carbocycles.